The summed E-state index contributed by atoms with van der Waals surface area (Å²) in [5.41, 5.74) is 4.94. The zero-order chi connectivity index (χ0) is 17.3. The summed E-state index contributed by atoms with van der Waals surface area (Å²) in [6, 6.07) is 3.26. The maximum absolute atomic E-state index is 13.8. The van der Waals surface area contributed by atoms with E-state index in [9.17, 15) is 18.4 Å². The normalized spacial score (nSPS) is 25.1. The van der Waals surface area contributed by atoms with Crippen molar-refractivity contribution in [1.82, 2.24) is 5.32 Å². The topological polar surface area (TPSA) is 81.4 Å². The highest BCUT2D eigenvalue weighted by Gasteiger charge is 2.46. The van der Waals surface area contributed by atoms with Gasteiger partial charge in [0.25, 0.3) is 0 Å². The number of carbonyl (C=O) groups excluding carboxylic acids is 2. The van der Waals surface area contributed by atoms with Crippen molar-refractivity contribution in [3.05, 3.63) is 35.4 Å². The molecule has 130 valence electrons. The SMILES string of the molecule is NC(=O)C1(CNC(=O)[C@@H]2C[C@@H]2c2cc(F)ccc2F)CCOCC1. The third-order valence-corrected chi connectivity index (χ3v) is 5.06. The molecule has 2 amide bonds. The molecule has 2 fully saturated rings. The predicted molar refractivity (Wildman–Crippen MR) is 81.9 cm³/mol. The minimum Gasteiger partial charge on any atom is -0.381 e. The highest BCUT2D eigenvalue weighted by molar-refractivity contribution is 5.85. The van der Waals surface area contributed by atoms with Crippen molar-refractivity contribution < 1.29 is 23.1 Å². The summed E-state index contributed by atoms with van der Waals surface area (Å²) in [6.07, 6.45) is 1.41. The largest absolute Gasteiger partial charge is 0.381 e. The molecule has 0 unspecified atom stereocenters. The number of nitrogens with two attached hydrogens (primary N) is 1. The Morgan fingerprint density at radius 1 is 1.29 bits per heavy atom. The van der Waals surface area contributed by atoms with Crippen LogP contribution in [-0.2, 0) is 14.3 Å². The lowest BCUT2D eigenvalue weighted by atomic mass is 9.79. The summed E-state index contributed by atoms with van der Waals surface area (Å²) >= 11 is 0. The van der Waals surface area contributed by atoms with Crippen LogP contribution in [0.15, 0.2) is 18.2 Å². The second-order valence-corrected chi connectivity index (χ2v) is 6.59. The van der Waals surface area contributed by atoms with Gasteiger partial charge in [-0.2, -0.15) is 0 Å². The first kappa shape index (κ1) is 16.8. The molecule has 24 heavy (non-hydrogen) atoms. The molecule has 1 heterocycles. The number of nitrogens with one attached hydrogen (secondary N) is 1. The van der Waals surface area contributed by atoms with Crippen molar-refractivity contribution in [2.75, 3.05) is 19.8 Å². The zero-order valence-electron chi connectivity index (χ0n) is 13.2. The van der Waals surface area contributed by atoms with Gasteiger partial charge in [-0.1, -0.05) is 0 Å². The van der Waals surface area contributed by atoms with Gasteiger partial charge in [0, 0.05) is 25.7 Å². The Kier molecular flexibility index (Phi) is 4.54. The number of halogens is 2. The molecule has 1 saturated carbocycles. The van der Waals surface area contributed by atoms with Gasteiger partial charge < -0.3 is 15.8 Å². The Labute approximate surface area is 138 Å². The van der Waals surface area contributed by atoms with Gasteiger partial charge in [0.15, 0.2) is 0 Å². The van der Waals surface area contributed by atoms with Crippen LogP contribution in [0.3, 0.4) is 0 Å². The first-order valence-electron chi connectivity index (χ1n) is 8.03. The van der Waals surface area contributed by atoms with Gasteiger partial charge in [-0.25, -0.2) is 8.78 Å². The van der Waals surface area contributed by atoms with Gasteiger partial charge in [0.1, 0.15) is 11.6 Å². The van der Waals surface area contributed by atoms with Crippen molar-refractivity contribution in [2.45, 2.75) is 25.2 Å². The van der Waals surface area contributed by atoms with Gasteiger partial charge in [-0.05, 0) is 48.9 Å². The molecule has 2 aliphatic rings. The number of carbonyl (C=O) groups is 2. The lowest BCUT2D eigenvalue weighted by molar-refractivity contribution is -0.134. The summed E-state index contributed by atoms with van der Waals surface area (Å²) in [5, 5.41) is 2.76. The van der Waals surface area contributed by atoms with E-state index < -0.39 is 28.9 Å². The Hall–Kier alpha value is -2.02. The van der Waals surface area contributed by atoms with E-state index in [-0.39, 0.29) is 23.9 Å². The third kappa shape index (κ3) is 3.26. The van der Waals surface area contributed by atoms with E-state index in [1.807, 2.05) is 0 Å². The van der Waals surface area contributed by atoms with Crippen LogP contribution in [0, 0.1) is 23.0 Å². The second kappa shape index (κ2) is 6.47. The van der Waals surface area contributed by atoms with Gasteiger partial charge in [-0.15, -0.1) is 0 Å². The van der Waals surface area contributed by atoms with E-state index in [4.69, 9.17) is 10.5 Å². The predicted octanol–water partition coefficient (Wildman–Crippen LogP) is 1.47. The Morgan fingerprint density at radius 2 is 2.00 bits per heavy atom. The maximum Gasteiger partial charge on any atom is 0.225 e. The smallest absolute Gasteiger partial charge is 0.225 e. The summed E-state index contributed by atoms with van der Waals surface area (Å²) < 4.78 is 32.3. The molecule has 7 heteroatoms. The number of hydrogen-bond donors (Lipinski definition) is 2. The fourth-order valence-electron chi connectivity index (χ4n) is 3.29. The van der Waals surface area contributed by atoms with Crippen LogP contribution in [0.1, 0.15) is 30.7 Å². The number of benzene rings is 1. The quantitative estimate of drug-likeness (QED) is 0.853. The van der Waals surface area contributed by atoms with Crippen molar-refractivity contribution in [3.63, 3.8) is 0 Å². The summed E-state index contributed by atoms with van der Waals surface area (Å²) in [6.45, 7) is 1.01. The van der Waals surface area contributed by atoms with Crippen LogP contribution in [0.2, 0.25) is 0 Å². The number of ether oxygens (including phenoxy) is 1. The maximum atomic E-state index is 13.8. The highest BCUT2D eigenvalue weighted by Crippen LogP contribution is 2.48. The van der Waals surface area contributed by atoms with Crippen molar-refractivity contribution in [3.8, 4) is 0 Å². The van der Waals surface area contributed by atoms with Crippen molar-refractivity contribution in [1.29, 1.82) is 0 Å². The number of hydrogen-bond acceptors (Lipinski definition) is 3. The molecule has 0 radical (unpaired) electrons. The van der Waals surface area contributed by atoms with Crippen LogP contribution in [-0.4, -0.2) is 31.6 Å². The highest BCUT2D eigenvalue weighted by atomic mass is 19.1. The number of rotatable bonds is 5. The number of amides is 2. The summed E-state index contributed by atoms with van der Waals surface area (Å²) in [5.74, 6) is -2.45. The average molecular weight is 338 g/mol. The van der Waals surface area contributed by atoms with Crippen LogP contribution in [0.5, 0.6) is 0 Å². The lowest BCUT2D eigenvalue weighted by Gasteiger charge is -2.34. The van der Waals surface area contributed by atoms with Crippen LogP contribution in [0.25, 0.3) is 0 Å². The fourth-order valence-corrected chi connectivity index (χ4v) is 3.29. The van der Waals surface area contributed by atoms with Crippen molar-refractivity contribution >= 4 is 11.8 Å². The first-order chi connectivity index (χ1) is 11.4. The molecule has 1 aliphatic heterocycles. The van der Waals surface area contributed by atoms with E-state index in [0.717, 1.165) is 18.2 Å². The van der Waals surface area contributed by atoms with Gasteiger partial charge in [0.2, 0.25) is 11.8 Å². The van der Waals surface area contributed by atoms with Gasteiger partial charge in [0.05, 0.1) is 5.41 Å². The molecular formula is C17H20F2N2O3. The summed E-state index contributed by atoms with van der Waals surface area (Å²) in [7, 11) is 0. The number of primary amides is 1. The van der Waals surface area contributed by atoms with Crippen LogP contribution >= 0.6 is 0 Å². The van der Waals surface area contributed by atoms with Crippen molar-refractivity contribution in [2.24, 2.45) is 17.1 Å². The standard InChI is InChI=1S/C17H20F2N2O3/c18-10-1-2-14(19)12(7-10)11-8-13(11)15(22)21-9-17(16(20)23)3-5-24-6-4-17/h1-2,7,11,13H,3-6,8-9H2,(H2,20,23)(H,21,22)/t11-,13-/m1/s1. The molecule has 1 aliphatic carbocycles. The summed E-state index contributed by atoms with van der Waals surface area (Å²) in [4.78, 5) is 24.0. The Morgan fingerprint density at radius 3 is 2.67 bits per heavy atom. The molecule has 0 bridgehead atoms. The van der Waals surface area contributed by atoms with E-state index in [0.29, 0.717) is 32.5 Å². The van der Waals surface area contributed by atoms with E-state index in [1.54, 1.807) is 0 Å². The van der Waals surface area contributed by atoms with E-state index in [1.165, 1.54) is 0 Å². The first-order valence-corrected chi connectivity index (χ1v) is 8.03. The molecule has 0 spiro atoms. The monoisotopic (exact) mass is 338 g/mol. The lowest BCUT2D eigenvalue weighted by Crippen LogP contribution is -2.49. The van der Waals surface area contributed by atoms with Gasteiger partial charge >= 0.3 is 0 Å². The molecule has 3 N–H and O–H groups in total. The van der Waals surface area contributed by atoms with Gasteiger partial charge in [-0.3, -0.25) is 9.59 Å². The van der Waals surface area contributed by atoms with E-state index in [2.05, 4.69) is 5.32 Å². The third-order valence-electron chi connectivity index (χ3n) is 5.06. The average Bonchev–Trinajstić information content (AvgIpc) is 3.36. The Bertz CT molecular complexity index is 659. The Balaban J connectivity index is 1.60. The molecule has 0 aromatic heterocycles. The molecule has 3 rings (SSSR count). The fraction of sp³-hybridized carbons (Fsp3) is 0.529. The minimum absolute atomic E-state index is 0.152. The molecule has 1 aromatic carbocycles. The van der Waals surface area contributed by atoms with Crippen LogP contribution < -0.4 is 11.1 Å². The minimum atomic E-state index is -0.789. The zero-order valence-corrected chi connectivity index (χ0v) is 13.2. The molecule has 1 aromatic rings. The molecule has 2 atom stereocenters. The molecule has 5 nitrogen and oxygen atoms in total. The van der Waals surface area contributed by atoms with Crippen LogP contribution in [0.4, 0.5) is 8.78 Å². The molecular weight excluding hydrogens is 318 g/mol. The second-order valence-electron chi connectivity index (χ2n) is 6.59. The molecule has 1 saturated heterocycles. The van der Waals surface area contributed by atoms with E-state index >= 15 is 0 Å².